The summed E-state index contributed by atoms with van der Waals surface area (Å²) in [6, 6.07) is 21.5. The van der Waals surface area contributed by atoms with Crippen LogP contribution < -0.4 is 37.5 Å². The third-order valence-electron chi connectivity index (χ3n) is 7.71. The molecule has 0 aromatic heterocycles. The molecule has 4 aromatic carbocycles. The zero-order chi connectivity index (χ0) is 33.8. The molecule has 0 unspecified atom stereocenters. The molecule has 10 nitrogen and oxygen atoms in total. The summed E-state index contributed by atoms with van der Waals surface area (Å²) >= 11 is 0. The standard InChI is InChI=1S/C36H43O10P/c1-39-29-21-33(41-3)31(34(22-29)42-4)11-7-9-25-13-17-27(18-14-25)45-47(37,38)46-28-19-15-26(16-20-28)10-8-12-32-35(43-5)23-30(40-2)24-36(32)44-6/h13-24H,7-12H2,1-6H3,(H,37,38). The van der Waals surface area contributed by atoms with Crippen molar-refractivity contribution in [1.29, 1.82) is 0 Å². The highest BCUT2D eigenvalue weighted by Gasteiger charge is 2.25. The first kappa shape index (κ1) is 35.3. The fraction of sp³-hybridized carbons (Fsp3) is 0.333. The van der Waals surface area contributed by atoms with Crippen molar-refractivity contribution in [1.82, 2.24) is 0 Å². The van der Waals surface area contributed by atoms with Crippen LogP contribution in [0.4, 0.5) is 0 Å². The van der Waals surface area contributed by atoms with Crippen LogP contribution in [0.5, 0.6) is 46.0 Å². The first-order chi connectivity index (χ1) is 22.7. The summed E-state index contributed by atoms with van der Waals surface area (Å²) in [5.74, 6) is 4.66. The smallest absolute Gasteiger partial charge is 0.496 e. The van der Waals surface area contributed by atoms with Gasteiger partial charge in [0.1, 0.15) is 46.0 Å². The van der Waals surface area contributed by atoms with E-state index in [4.69, 9.17) is 37.5 Å². The predicted octanol–water partition coefficient (Wildman–Crippen LogP) is 7.65. The maximum absolute atomic E-state index is 12.8. The molecule has 0 aliphatic carbocycles. The van der Waals surface area contributed by atoms with Gasteiger partial charge in [-0.2, -0.15) is 0 Å². The Morgan fingerprint density at radius 1 is 0.468 bits per heavy atom. The molecule has 0 saturated carbocycles. The SMILES string of the molecule is COc1cc(OC)c(CCCc2ccc(OP(=O)(O)Oc3ccc(CCCc4c(OC)cc(OC)cc4OC)cc3)cc2)c(OC)c1. The Balaban J connectivity index is 1.27. The molecule has 0 heterocycles. The van der Waals surface area contributed by atoms with Crippen molar-refractivity contribution >= 4 is 7.82 Å². The molecule has 11 heteroatoms. The second-order valence-corrected chi connectivity index (χ2v) is 12.0. The van der Waals surface area contributed by atoms with Gasteiger partial charge in [0.05, 0.1) is 42.7 Å². The van der Waals surface area contributed by atoms with Gasteiger partial charge in [0.15, 0.2) is 0 Å². The van der Waals surface area contributed by atoms with Gasteiger partial charge in [0, 0.05) is 35.4 Å². The molecule has 47 heavy (non-hydrogen) atoms. The number of benzene rings is 4. The Hall–Kier alpha value is -4.53. The van der Waals surface area contributed by atoms with E-state index in [0.717, 1.165) is 60.8 Å². The van der Waals surface area contributed by atoms with E-state index in [9.17, 15) is 9.46 Å². The molecule has 0 saturated heterocycles. The lowest BCUT2D eigenvalue weighted by Crippen LogP contribution is -2.01. The average Bonchev–Trinajstić information content (AvgIpc) is 3.09. The van der Waals surface area contributed by atoms with Gasteiger partial charge >= 0.3 is 7.82 Å². The molecule has 0 bridgehead atoms. The van der Waals surface area contributed by atoms with E-state index < -0.39 is 7.82 Å². The van der Waals surface area contributed by atoms with Crippen molar-refractivity contribution in [2.24, 2.45) is 0 Å². The largest absolute Gasteiger partial charge is 0.584 e. The van der Waals surface area contributed by atoms with E-state index in [1.54, 1.807) is 66.9 Å². The van der Waals surface area contributed by atoms with Gasteiger partial charge < -0.3 is 37.5 Å². The Bertz CT molecular complexity index is 1470. The number of aryl methyl sites for hydroxylation is 2. The van der Waals surface area contributed by atoms with E-state index in [0.29, 0.717) is 34.5 Å². The van der Waals surface area contributed by atoms with Gasteiger partial charge in [0.2, 0.25) is 0 Å². The van der Waals surface area contributed by atoms with Crippen LogP contribution in [0.25, 0.3) is 0 Å². The van der Waals surface area contributed by atoms with Crippen molar-refractivity contribution < 1.29 is 46.9 Å². The molecule has 4 rings (SSSR count). The molecule has 4 aromatic rings. The molecule has 1 N–H and O–H groups in total. The number of hydrogen-bond donors (Lipinski definition) is 1. The lowest BCUT2D eigenvalue weighted by Gasteiger charge is -2.16. The minimum Gasteiger partial charge on any atom is -0.496 e. The maximum atomic E-state index is 12.8. The summed E-state index contributed by atoms with van der Waals surface area (Å²) in [5.41, 5.74) is 4.04. The highest BCUT2D eigenvalue weighted by Crippen LogP contribution is 2.44. The van der Waals surface area contributed by atoms with Crippen LogP contribution in [0, 0.1) is 0 Å². The first-order valence-electron chi connectivity index (χ1n) is 15.2. The number of phosphoric ester groups is 1. The van der Waals surface area contributed by atoms with Crippen LogP contribution in [0.1, 0.15) is 35.1 Å². The van der Waals surface area contributed by atoms with E-state index in [2.05, 4.69) is 0 Å². The van der Waals surface area contributed by atoms with Crippen molar-refractivity contribution in [3.8, 4) is 46.0 Å². The number of phosphoric acid groups is 1. The normalized spacial score (nSPS) is 11.0. The van der Waals surface area contributed by atoms with Gasteiger partial charge in [0.25, 0.3) is 0 Å². The van der Waals surface area contributed by atoms with Crippen molar-refractivity contribution in [3.63, 3.8) is 0 Å². The van der Waals surface area contributed by atoms with Crippen LogP contribution in [-0.2, 0) is 30.2 Å². The third kappa shape index (κ3) is 9.73. The molecule has 0 radical (unpaired) electrons. The Morgan fingerprint density at radius 2 is 0.787 bits per heavy atom. The Labute approximate surface area is 276 Å². The van der Waals surface area contributed by atoms with Crippen LogP contribution in [-0.4, -0.2) is 47.6 Å². The van der Waals surface area contributed by atoms with E-state index in [1.807, 2.05) is 48.5 Å². The summed E-state index contributed by atoms with van der Waals surface area (Å²) in [7, 11) is 5.28. The van der Waals surface area contributed by atoms with E-state index in [1.165, 1.54) is 0 Å². The monoisotopic (exact) mass is 666 g/mol. The van der Waals surface area contributed by atoms with Crippen LogP contribution in [0.3, 0.4) is 0 Å². The van der Waals surface area contributed by atoms with Crippen molar-refractivity contribution in [2.45, 2.75) is 38.5 Å². The lowest BCUT2D eigenvalue weighted by molar-refractivity contribution is 0.291. The van der Waals surface area contributed by atoms with Gasteiger partial charge in [-0.1, -0.05) is 24.3 Å². The van der Waals surface area contributed by atoms with Crippen molar-refractivity contribution in [2.75, 3.05) is 42.7 Å². The topological polar surface area (TPSA) is 111 Å². The zero-order valence-electron chi connectivity index (χ0n) is 27.7. The van der Waals surface area contributed by atoms with Crippen LogP contribution in [0.2, 0.25) is 0 Å². The summed E-state index contributed by atoms with van der Waals surface area (Å²) < 4.78 is 56.3. The Morgan fingerprint density at radius 3 is 1.06 bits per heavy atom. The quantitative estimate of drug-likeness (QED) is 0.106. The van der Waals surface area contributed by atoms with Crippen LogP contribution >= 0.6 is 7.82 Å². The molecular formula is C36H43O10P. The average molecular weight is 667 g/mol. The second-order valence-electron chi connectivity index (χ2n) is 10.7. The first-order valence-corrected chi connectivity index (χ1v) is 16.7. The molecular weight excluding hydrogens is 623 g/mol. The fourth-order valence-corrected chi connectivity index (χ4v) is 6.12. The fourth-order valence-electron chi connectivity index (χ4n) is 5.31. The summed E-state index contributed by atoms with van der Waals surface area (Å²) in [4.78, 5) is 10.4. The summed E-state index contributed by atoms with van der Waals surface area (Å²) in [5, 5.41) is 0. The van der Waals surface area contributed by atoms with Crippen LogP contribution in [0.15, 0.2) is 72.8 Å². The number of rotatable bonds is 18. The second kappa shape index (κ2) is 16.9. The summed E-state index contributed by atoms with van der Waals surface area (Å²) in [6.45, 7) is 0. The molecule has 0 fully saturated rings. The minimum absolute atomic E-state index is 0.235. The number of ether oxygens (including phenoxy) is 6. The van der Waals surface area contributed by atoms with E-state index in [-0.39, 0.29) is 11.5 Å². The molecule has 0 amide bonds. The number of hydrogen-bond acceptors (Lipinski definition) is 9. The van der Waals surface area contributed by atoms with Gasteiger partial charge in [-0.15, -0.1) is 0 Å². The minimum atomic E-state index is -4.42. The predicted molar refractivity (Wildman–Crippen MR) is 180 cm³/mol. The Kier molecular flexibility index (Phi) is 12.7. The third-order valence-corrected chi connectivity index (χ3v) is 8.59. The summed E-state index contributed by atoms with van der Waals surface area (Å²) in [6.07, 6.45) is 4.69. The molecule has 252 valence electrons. The van der Waals surface area contributed by atoms with E-state index >= 15 is 0 Å². The molecule has 0 spiro atoms. The highest BCUT2D eigenvalue weighted by molar-refractivity contribution is 7.48. The highest BCUT2D eigenvalue weighted by atomic mass is 31.2. The zero-order valence-corrected chi connectivity index (χ0v) is 28.6. The molecule has 0 atom stereocenters. The van der Waals surface area contributed by atoms with Crippen molar-refractivity contribution in [3.05, 3.63) is 95.1 Å². The van der Waals surface area contributed by atoms with Gasteiger partial charge in [-0.05, 0) is 73.9 Å². The lowest BCUT2D eigenvalue weighted by atomic mass is 10.0. The van der Waals surface area contributed by atoms with Gasteiger partial charge in [-0.25, -0.2) is 4.57 Å². The molecule has 0 aliphatic rings. The molecule has 0 aliphatic heterocycles. The maximum Gasteiger partial charge on any atom is 0.584 e. The van der Waals surface area contributed by atoms with Gasteiger partial charge in [-0.3, -0.25) is 4.89 Å². The number of methoxy groups -OCH3 is 6.